The van der Waals surface area contributed by atoms with Crippen molar-refractivity contribution in [2.24, 2.45) is 0 Å². The Labute approximate surface area is 66.1 Å². The fourth-order valence-corrected chi connectivity index (χ4v) is 2.12. The molecule has 0 aromatic heterocycles. The van der Waals surface area contributed by atoms with E-state index in [0.29, 0.717) is 30.7 Å². The first kappa shape index (κ1) is 7.25. The maximum Gasteiger partial charge on any atom is 0.136 e. The minimum Gasteiger partial charge on any atom is -0.380 e. The van der Waals surface area contributed by atoms with Gasteiger partial charge in [0.05, 0.1) is 6.10 Å². The maximum absolute atomic E-state index is 11.1. The molecule has 2 rings (SSSR count). The molecule has 3 unspecified atom stereocenters. The van der Waals surface area contributed by atoms with Crippen LogP contribution in [0.15, 0.2) is 0 Å². The van der Waals surface area contributed by atoms with Gasteiger partial charge in [-0.15, -0.1) is 0 Å². The monoisotopic (exact) mass is 155 g/mol. The first-order valence-electron chi connectivity index (χ1n) is 4.10. The summed E-state index contributed by atoms with van der Waals surface area (Å²) < 4.78 is 5.26. The number of nitrogens with one attached hydrogen (secondary N) is 1. The van der Waals surface area contributed by atoms with Crippen LogP contribution in [0.3, 0.4) is 0 Å². The smallest absolute Gasteiger partial charge is 0.136 e. The molecule has 0 saturated carbocycles. The third-order valence-corrected chi connectivity index (χ3v) is 2.64. The van der Waals surface area contributed by atoms with Gasteiger partial charge in [0.25, 0.3) is 0 Å². The molecule has 2 aliphatic rings. The lowest BCUT2D eigenvalue weighted by atomic mass is 10.0. The zero-order chi connectivity index (χ0) is 7.84. The number of rotatable bonds is 1. The maximum atomic E-state index is 11.1. The van der Waals surface area contributed by atoms with Crippen LogP contribution in [0.2, 0.25) is 0 Å². The summed E-state index contributed by atoms with van der Waals surface area (Å²) in [5, 5.41) is 3.38. The van der Waals surface area contributed by atoms with E-state index in [2.05, 4.69) is 5.32 Å². The average Bonchev–Trinajstić information content (AvgIpc) is 2.25. The number of hydrogen-bond donors (Lipinski definition) is 1. The fraction of sp³-hybridized carbons (Fsp3) is 0.875. The van der Waals surface area contributed by atoms with Gasteiger partial charge in [0.1, 0.15) is 5.78 Å². The topological polar surface area (TPSA) is 38.3 Å². The number of carbonyl (C=O) groups excluding carboxylic acids is 1. The third kappa shape index (κ3) is 1.19. The molecule has 3 nitrogen and oxygen atoms in total. The van der Waals surface area contributed by atoms with Crippen LogP contribution < -0.4 is 5.32 Å². The first-order valence-corrected chi connectivity index (χ1v) is 4.10. The van der Waals surface area contributed by atoms with Gasteiger partial charge in [0, 0.05) is 32.0 Å². The highest BCUT2D eigenvalue weighted by Crippen LogP contribution is 2.26. The SMILES string of the molecule is COC1CC2CC(=O)CC1N2. The molecule has 62 valence electrons. The summed E-state index contributed by atoms with van der Waals surface area (Å²) in [6, 6.07) is 0.692. The summed E-state index contributed by atoms with van der Waals surface area (Å²) in [5.41, 5.74) is 0. The second-order valence-electron chi connectivity index (χ2n) is 3.43. The second-order valence-corrected chi connectivity index (χ2v) is 3.43. The van der Waals surface area contributed by atoms with Gasteiger partial charge in [-0.25, -0.2) is 0 Å². The summed E-state index contributed by atoms with van der Waals surface area (Å²) >= 11 is 0. The van der Waals surface area contributed by atoms with Gasteiger partial charge in [-0.2, -0.15) is 0 Å². The van der Waals surface area contributed by atoms with E-state index in [1.54, 1.807) is 7.11 Å². The molecular formula is C8H13NO2. The van der Waals surface area contributed by atoms with Crippen molar-refractivity contribution in [1.82, 2.24) is 5.32 Å². The quantitative estimate of drug-likeness (QED) is 0.583. The summed E-state index contributed by atoms with van der Waals surface area (Å²) in [6.45, 7) is 0. The Bertz CT molecular complexity index is 181. The molecule has 2 aliphatic heterocycles. The Balaban J connectivity index is 2.08. The summed E-state index contributed by atoms with van der Waals surface area (Å²) in [7, 11) is 1.72. The highest BCUT2D eigenvalue weighted by molar-refractivity contribution is 5.81. The Morgan fingerprint density at radius 2 is 2.36 bits per heavy atom. The van der Waals surface area contributed by atoms with Crippen molar-refractivity contribution in [3.63, 3.8) is 0 Å². The third-order valence-electron chi connectivity index (χ3n) is 2.64. The van der Waals surface area contributed by atoms with E-state index in [0.717, 1.165) is 6.42 Å². The van der Waals surface area contributed by atoms with Crippen molar-refractivity contribution in [3.05, 3.63) is 0 Å². The normalized spacial score (nSPS) is 43.0. The Morgan fingerprint density at radius 1 is 1.55 bits per heavy atom. The van der Waals surface area contributed by atoms with Crippen LogP contribution in [-0.4, -0.2) is 31.1 Å². The number of ketones is 1. The molecule has 2 saturated heterocycles. The number of fused-ring (bicyclic) bond motifs is 2. The van der Waals surface area contributed by atoms with Gasteiger partial charge >= 0.3 is 0 Å². The second kappa shape index (κ2) is 2.57. The lowest BCUT2D eigenvalue weighted by Crippen LogP contribution is -2.41. The van der Waals surface area contributed by atoms with Gasteiger partial charge in [-0.1, -0.05) is 0 Å². The van der Waals surface area contributed by atoms with E-state index in [1.807, 2.05) is 0 Å². The molecule has 0 aromatic rings. The number of Topliss-reactive ketones (excluding diaryl/α,β-unsaturated/α-hetero) is 1. The molecule has 3 atom stereocenters. The standard InChI is InChI=1S/C8H13NO2/c1-11-8-3-5-2-6(10)4-7(8)9-5/h5,7-9H,2-4H2,1H3. The highest BCUT2D eigenvalue weighted by atomic mass is 16.5. The van der Waals surface area contributed by atoms with Gasteiger partial charge in [0.15, 0.2) is 0 Å². The number of piperidine rings is 1. The summed E-state index contributed by atoms with van der Waals surface area (Å²) in [4.78, 5) is 11.1. The minimum atomic E-state index is 0.270. The predicted octanol–water partition coefficient (Wildman–Crippen LogP) is 0.0948. The lowest BCUT2D eigenvalue weighted by molar-refractivity contribution is -0.121. The molecule has 2 bridgehead atoms. The lowest BCUT2D eigenvalue weighted by Gasteiger charge is -2.20. The van der Waals surface area contributed by atoms with E-state index in [-0.39, 0.29) is 6.10 Å². The molecule has 0 aromatic carbocycles. The average molecular weight is 155 g/mol. The molecule has 11 heavy (non-hydrogen) atoms. The van der Waals surface area contributed by atoms with E-state index in [1.165, 1.54) is 0 Å². The molecule has 3 heteroatoms. The van der Waals surface area contributed by atoms with Crippen molar-refractivity contribution in [2.45, 2.75) is 37.5 Å². The van der Waals surface area contributed by atoms with E-state index in [4.69, 9.17) is 4.74 Å². The molecule has 0 aliphatic carbocycles. The summed E-state index contributed by atoms with van der Waals surface area (Å²) in [6.07, 6.45) is 2.64. The van der Waals surface area contributed by atoms with Crippen molar-refractivity contribution in [1.29, 1.82) is 0 Å². The fourth-order valence-electron chi connectivity index (χ4n) is 2.12. The van der Waals surface area contributed by atoms with Crippen molar-refractivity contribution in [3.8, 4) is 0 Å². The zero-order valence-electron chi connectivity index (χ0n) is 6.67. The van der Waals surface area contributed by atoms with Gasteiger partial charge in [-0.05, 0) is 6.42 Å². The molecule has 1 N–H and O–H groups in total. The Morgan fingerprint density at radius 3 is 3.09 bits per heavy atom. The van der Waals surface area contributed by atoms with Gasteiger partial charge in [-0.3, -0.25) is 4.79 Å². The first-order chi connectivity index (χ1) is 5.29. The van der Waals surface area contributed by atoms with Crippen molar-refractivity contribution >= 4 is 5.78 Å². The highest BCUT2D eigenvalue weighted by Gasteiger charge is 2.39. The van der Waals surface area contributed by atoms with Crippen molar-refractivity contribution < 1.29 is 9.53 Å². The molecule has 2 heterocycles. The molecule has 0 amide bonds. The number of carbonyl (C=O) groups is 1. The summed E-state index contributed by atoms with van der Waals surface area (Å²) in [5.74, 6) is 0.387. The van der Waals surface area contributed by atoms with Crippen LogP contribution in [0.5, 0.6) is 0 Å². The molecule has 2 fully saturated rings. The Kier molecular flexibility index (Phi) is 1.69. The largest absolute Gasteiger partial charge is 0.380 e. The van der Waals surface area contributed by atoms with E-state index < -0.39 is 0 Å². The molecule has 0 spiro atoms. The number of methoxy groups -OCH3 is 1. The molecule has 0 radical (unpaired) electrons. The van der Waals surface area contributed by atoms with E-state index >= 15 is 0 Å². The van der Waals surface area contributed by atoms with Gasteiger partial charge < -0.3 is 10.1 Å². The number of ether oxygens (including phenoxy) is 1. The van der Waals surface area contributed by atoms with Crippen LogP contribution in [0.1, 0.15) is 19.3 Å². The van der Waals surface area contributed by atoms with Crippen LogP contribution in [0.4, 0.5) is 0 Å². The number of hydrogen-bond acceptors (Lipinski definition) is 3. The van der Waals surface area contributed by atoms with E-state index in [9.17, 15) is 4.79 Å². The van der Waals surface area contributed by atoms with Gasteiger partial charge in [0.2, 0.25) is 0 Å². The Hall–Kier alpha value is -0.410. The minimum absolute atomic E-state index is 0.270. The van der Waals surface area contributed by atoms with Crippen LogP contribution in [0, 0.1) is 0 Å². The van der Waals surface area contributed by atoms with Crippen LogP contribution >= 0.6 is 0 Å². The van der Waals surface area contributed by atoms with Crippen LogP contribution in [-0.2, 0) is 9.53 Å². The van der Waals surface area contributed by atoms with Crippen LogP contribution in [0.25, 0.3) is 0 Å². The zero-order valence-corrected chi connectivity index (χ0v) is 6.67. The van der Waals surface area contributed by atoms with Crippen molar-refractivity contribution in [2.75, 3.05) is 7.11 Å². The molecular weight excluding hydrogens is 142 g/mol. The predicted molar refractivity (Wildman–Crippen MR) is 40.4 cm³/mol.